The lowest BCUT2D eigenvalue weighted by atomic mass is 9.98. The van der Waals surface area contributed by atoms with E-state index in [1.54, 1.807) is 18.3 Å². The molecule has 2 aliphatic rings. The number of rotatable bonds is 5. The minimum atomic E-state index is -3.63. The number of aryl methyl sites for hydroxylation is 3. The summed E-state index contributed by atoms with van der Waals surface area (Å²) < 4.78 is 43.9. The molecule has 2 atom stereocenters. The number of fused-ring (bicyclic) bond motifs is 1. The zero-order valence-corrected chi connectivity index (χ0v) is 17.0. The van der Waals surface area contributed by atoms with Crippen molar-refractivity contribution in [2.75, 3.05) is 18.8 Å². The molecule has 2 heterocycles. The van der Waals surface area contributed by atoms with Crippen molar-refractivity contribution in [1.29, 1.82) is 0 Å². The van der Waals surface area contributed by atoms with Gasteiger partial charge in [-0.3, -0.25) is 0 Å². The number of imidazole rings is 1. The highest BCUT2D eigenvalue weighted by molar-refractivity contribution is 7.99. The van der Waals surface area contributed by atoms with Crippen LogP contribution in [0.4, 0.5) is 4.39 Å². The average molecular weight is 410 g/mol. The number of hydrogen-bond donors (Lipinski definition) is 0. The van der Waals surface area contributed by atoms with E-state index in [4.69, 9.17) is 0 Å². The summed E-state index contributed by atoms with van der Waals surface area (Å²) in [4.78, 5) is 4.55. The fourth-order valence-corrected chi connectivity index (χ4v) is 6.51. The smallest absolute Gasteiger partial charge is 0.243 e. The van der Waals surface area contributed by atoms with Crippen molar-refractivity contribution >= 4 is 21.8 Å². The van der Waals surface area contributed by atoms with E-state index in [9.17, 15) is 12.8 Å². The molecule has 146 valence electrons. The third-order valence-corrected chi connectivity index (χ3v) is 8.66. The van der Waals surface area contributed by atoms with Gasteiger partial charge in [0.2, 0.25) is 10.0 Å². The molecule has 0 bridgehead atoms. The van der Waals surface area contributed by atoms with E-state index >= 15 is 0 Å². The van der Waals surface area contributed by atoms with Crippen LogP contribution in [0.1, 0.15) is 24.0 Å². The third kappa shape index (κ3) is 3.79. The highest BCUT2D eigenvalue weighted by atomic mass is 32.2. The maximum atomic E-state index is 14.7. The summed E-state index contributed by atoms with van der Waals surface area (Å²) in [5, 5.41) is 0.857. The highest BCUT2D eigenvalue weighted by Gasteiger charge is 2.36. The monoisotopic (exact) mass is 409 g/mol. The lowest BCUT2D eigenvalue weighted by molar-refractivity contribution is 0.146. The van der Waals surface area contributed by atoms with Crippen molar-refractivity contribution in [2.45, 2.75) is 41.9 Å². The molecule has 1 aliphatic heterocycles. The zero-order valence-electron chi connectivity index (χ0n) is 15.3. The molecule has 0 unspecified atom stereocenters. The van der Waals surface area contributed by atoms with Gasteiger partial charge in [-0.2, -0.15) is 4.31 Å². The number of nitrogens with zero attached hydrogens (tertiary/aromatic N) is 3. The lowest BCUT2D eigenvalue weighted by Crippen LogP contribution is -2.45. The Labute approximate surface area is 164 Å². The molecule has 1 saturated heterocycles. The maximum absolute atomic E-state index is 14.7. The van der Waals surface area contributed by atoms with Crippen LogP contribution >= 0.6 is 11.8 Å². The fraction of sp³-hybridized carbons (Fsp3) is 0.526. The standard InChI is InChI=1S/C19H24FN3O2S2/c1-22-10-8-21-19(22)26-13-16-7-9-23(12-18(16)20)27(24,25)17-6-5-14-3-2-4-15(14)11-17/h5-6,8,10-11,16,18H,2-4,7,9,12-13H2,1H3/t16-,18+/m0/s1. The Balaban J connectivity index is 1.42. The number of benzene rings is 1. The molecule has 1 aromatic heterocycles. The van der Waals surface area contributed by atoms with Crippen LogP contribution in [-0.2, 0) is 29.9 Å². The van der Waals surface area contributed by atoms with Crippen LogP contribution in [0.15, 0.2) is 40.6 Å². The topological polar surface area (TPSA) is 55.2 Å². The first-order valence-corrected chi connectivity index (χ1v) is 11.7. The van der Waals surface area contributed by atoms with E-state index < -0.39 is 16.2 Å². The number of halogens is 1. The first-order valence-electron chi connectivity index (χ1n) is 9.31. The van der Waals surface area contributed by atoms with Crippen LogP contribution in [-0.4, -0.2) is 47.3 Å². The highest BCUT2D eigenvalue weighted by Crippen LogP contribution is 2.31. The van der Waals surface area contributed by atoms with Gasteiger partial charge in [-0.25, -0.2) is 17.8 Å². The van der Waals surface area contributed by atoms with Gasteiger partial charge in [0, 0.05) is 44.2 Å². The molecule has 0 saturated carbocycles. The van der Waals surface area contributed by atoms with Crippen molar-refractivity contribution in [1.82, 2.24) is 13.9 Å². The Hall–Kier alpha value is -1.38. The summed E-state index contributed by atoms with van der Waals surface area (Å²) in [5.74, 6) is 0.455. The van der Waals surface area contributed by atoms with E-state index in [2.05, 4.69) is 4.98 Å². The Kier molecular flexibility index (Phi) is 5.31. The SMILES string of the molecule is Cn1ccnc1SC[C@@H]1CCN(S(=O)(=O)c2ccc3c(c2)CCC3)C[C@H]1F. The van der Waals surface area contributed by atoms with Gasteiger partial charge in [-0.1, -0.05) is 17.8 Å². The van der Waals surface area contributed by atoms with E-state index in [0.29, 0.717) is 23.6 Å². The Morgan fingerprint density at radius 1 is 1.30 bits per heavy atom. The van der Waals surface area contributed by atoms with Crippen LogP contribution < -0.4 is 0 Å². The average Bonchev–Trinajstić information content (AvgIpc) is 3.28. The molecule has 0 spiro atoms. The normalized spacial score (nSPS) is 23.5. The molecule has 27 heavy (non-hydrogen) atoms. The summed E-state index contributed by atoms with van der Waals surface area (Å²) in [5.41, 5.74) is 2.36. The molecule has 1 aromatic carbocycles. The summed E-state index contributed by atoms with van der Waals surface area (Å²) in [6.45, 7) is 0.302. The molecule has 0 radical (unpaired) electrons. The molecule has 5 nitrogen and oxygen atoms in total. The molecule has 8 heteroatoms. The largest absolute Gasteiger partial charge is 0.329 e. The third-order valence-electron chi connectivity index (χ3n) is 5.55. The van der Waals surface area contributed by atoms with Gasteiger partial charge in [0.15, 0.2) is 5.16 Å². The minimum Gasteiger partial charge on any atom is -0.329 e. The number of thioether (sulfide) groups is 1. The van der Waals surface area contributed by atoms with Crippen LogP contribution in [0, 0.1) is 5.92 Å². The van der Waals surface area contributed by atoms with Gasteiger partial charge in [0.1, 0.15) is 6.17 Å². The molecular formula is C19H24FN3O2S2. The van der Waals surface area contributed by atoms with Gasteiger partial charge < -0.3 is 4.57 Å². The zero-order chi connectivity index (χ0) is 19.0. The molecule has 1 fully saturated rings. The lowest BCUT2D eigenvalue weighted by Gasteiger charge is -2.33. The Morgan fingerprint density at radius 3 is 2.85 bits per heavy atom. The van der Waals surface area contributed by atoms with E-state index in [0.717, 1.165) is 30.0 Å². The molecule has 4 rings (SSSR count). The van der Waals surface area contributed by atoms with Gasteiger partial charge in [-0.05, 0) is 48.9 Å². The minimum absolute atomic E-state index is 0.0643. The van der Waals surface area contributed by atoms with Crippen LogP contribution in [0.25, 0.3) is 0 Å². The van der Waals surface area contributed by atoms with Crippen molar-refractivity contribution in [3.63, 3.8) is 0 Å². The summed E-state index contributed by atoms with van der Waals surface area (Å²) in [7, 11) is -1.72. The Morgan fingerprint density at radius 2 is 2.11 bits per heavy atom. The quantitative estimate of drug-likeness (QED) is 0.713. The van der Waals surface area contributed by atoms with Crippen LogP contribution in [0.2, 0.25) is 0 Å². The van der Waals surface area contributed by atoms with Crippen molar-refractivity contribution in [3.05, 3.63) is 41.7 Å². The summed E-state index contributed by atoms with van der Waals surface area (Å²) >= 11 is 1.53. The van der Waals surface area contributed by atoms with E-state index in [1.807, 2.05) is 23.9 Å². The number of alkyl halides is 1. The predicted molar refractivity (Wildman–Crippen MR) is 104 cm³/mol. The van der Waals surface area contributed by atoms with Gasteiger partial charge in [0.05, 0.1) is 4.90 Å². The molecule has 0 N–H and O–H groups in total. The second-order valence-corrected chi connectivity index (χ2v) is 10.3. The molecule has 0 amide bonds. The predicted octanol–water partition coefficient (Wildman–Crippen LogP) is 3.05. The fourth-order valence-electron chi connectivity index (χ4n) is 3.86. The van der Waals surface area contributed by atoms with Crippen molar-refractivity contribution < 1.29 is 12.8 Å². The summed E-state index contributed by atoms with van der Waals surface area (Å²) in [6.07, 6.45) is 5.98. The van der Waals surface area contributed by atoms with E-state index in [1.165, 1.54) is 21.6 Å². The van der Waals surface area contributed by atoms with Gasteiger partial charge in [0.25, 0.3) is 0 Å². The number of aromatic nitrogens is 2. The Bertz CT molecular complexity index is 929. The second kappa shape index (κ2) is 7.56. The summed E-state index contributed by atoms with van der Waals surface area (Å²) in [6, 6.07) is 5.38. The molecule has 2 aromatic rings. The van der Waals surface area contributed by atoms with Gasteiger partial charge >= 0.3 is 0 Å². The molecular weight excluding hydrogens is 385 g/mol. The first kappa shape index (κ1) is 19.0. The van der Waals surface area contributed by atoms with Gasteiger partial charge in [-0.15, -0.1) is 0 Å². The van der Waals surface area contributed by atoms with Crippen molar-refractivity contribution in [2.24, 2.45) is 13.0 Å². The van der Waals surface area contributed by atoms with E-state index in [-0.39, 0.29) is 12.5 Å². The number of sulfonamides is 1. The second-order valence-electron chi connectivity index (χ2n) is 7.34. The number of piperidine rings is 1. The molecule has 1 aliphatic carbocycles. The van der Waals surface area contributed by atoms with Crippen LogP contribution in [0.3, 0.4) is 0 Å². The first-order chi connectivity index (χ1) is 12.9. The maximum Gasteiger partial charge on any atom is 0.243 e. The number of hydrogen-bond acceptors (Lipinski definition) is 4. The van der Waals surface area contributed by atoms with Crippen molar-refractivity contribution in [3.8, 4) is 0 Å². The van der Waals surface area contributed by atoms with Crippen LogP contribution in [0.5, 0.6) is 0 Å².